The zero-order valence-electron chi connectivity index (χ0n) is 54.4. The topological polar surface area (TPSA) is 16.2 Å². The zero-order valence-corrected chi connectivity index (χ0v) is 55.3. The molecule has 19 rings (SSSR count). The van der Waals surface area contributed by atoms with E-state index in [0.717, 1.165) is 102 Å². The lowest BCUT2D eigenvalue weighted by atomic mass is 9.31. The second-order valence-electron chi connectivity index (χ2n) is 26.0. The molecular weight excluding hydrogens is 1220 g/mol. The van der Waals surface area contributed by atoms with Crippen molar-refractivity contribution in [3.63, 3.8) is 0 Å². The molecule has 0 saturated heterocycles. The highest BCUT2D eigenvalue weighted by Gasteiger charge is 2.48. The molecule has 0 aliphatic carbocycles. The Hall–Kier alpha value is -12.2. The Kier molecular flexibility index (Phi) is 14.2. The molecule has 0 atom stereocenters. The molecule has 0 saturated carbocycles. The third-order valence-electron chi connectivity index (χ3n) is 20.3. The van der Waals surface area contributed by atoms with E-state index < -0.39 is 0 Å². The number of para-hydroxylation sites is 8. The minimum absolute atomic E-state index is 0.107. The van der Waals surface area contributed by atoms with Crippen molar-refractivity contribution in [1.82, 2.24) is 0 Å². The number of rotatable bonds is 12. The Balaban J connectivity index is 0.915. The van der Waals surface area contributed by atoms with Gasteiger partial charge in [0.1, 0.15) is 0 Å². The average Bonchev–Trinajstić information content (AvgIpc) is 0.687. The molecule has 0 bridgehead atoms. The van der Waals surface area contributed by atoms with Gasteiger partial charge in [-0.3, -0.25) is 0 Å². The first-order chi connectivity index (χ1) is 49.1. The van der Waals surface area contributed by atoms with E-state index in [4.69, 9.17) is 0 Å². The lowest BCUT2D eigenvalue weighted by molar-refractivity contribution is 1.21. The summed E-state index contributed by atoms with van der Waals surface area (Å²) in [6.45, 7) is 2.01. The van der Waals surface area contributed by atoms with Crippen LogP contribution in [0.1, 0.15) is 5.56 Å². The van der Waals surface area contributed by atoms with Gasteiger partial charge in [-0.25, -0.2) is 0 Å². The molecule has 0 spiro atoms. The van der Waals surface area contributed by atoms with E-state index in [1.807, 2.05) is 11.8 Å². The number of hydrogen-bond acceptors (Lipinski definition) is 6. The van der Waals surface area contributed by atoms with Gasteiger partial charge in [-0.2, -0.15) is 0 Å². The summed E-state index contributed by atoms with van der Waals surface area (Å²) in [5.41, 5.74) is 32.5. The normalized spacial score (nSPS) is 12.8. The van der Waals surface area contributed by atoms with Crippen LogP contribution in [0.5, 0.6) is 0 Å². The van der Waals surface area contributed by atoms with Gasteiger partial charge in [0.2, 0.25) is 6.71 Å². The molecule has 0 unspecified atom stereocenters. The molecule has 0 N–H and O–H groups in total. The van der Waals surface area contributed by atoms with E-state index in [1.54, 1.807) is 0 Å². The van der Waals surface area contributed by atoms with E-state index in [1.165, 1.54) is 65.1 Å². The number of nitrogens with zero attached hydrogens (tertiary/aromatic N) is 5. The molecule has 464 valence electrons. The van der Waals surface area contributed by atoms with Crippen molar-refractivity contribution in [3.8, 4) is 33.4 Å². The van der Waals surface area contributed by atoms with E-state index in [2.05, 4.69) is 395 Å². The standard InChI is InChI=1S/C91H63B2N5S/c1-62-30-29-46-75(66-35-13-4-14-36-66)91(62)98-83-61-87-79(93-77-48-25-28-51-82(77)97(70-43-21-8-22-44-70)86-58-73(59-88(99-87)90(86)93)94(67-37-15-5-16-38-67)68-39-17-6-18-40-68)60-78(83)92-76-47-24-27-50-81(76)96(69-41-19-7-20-42-69)84-56-72(57-85(98)89(84)92)95(71-54-52-64(53-55-71)63-31-9-2-10-32-63)80-49-26-23-45-74(80)65-33-11-3-12-34-65/h2-61H,1H3. The number of anilines is 15. The maximum absolute atomic E-state index is 2.68. The smallest absolute Gasteiger partial charge is 0.252 e. The lowest BCUT2D eigenvalue weighted by Crippen LogP contribution is -2.64. The quantitative estimate of drug-likeness (QED) is 0.113. The minimum Gasteiger partial charge on any atom is -0.311 e. The summed E-state index contributed by atoms with van der Waals surface area (Å²) < 4.78 is 0. The van der Waals surface area contributed by atoms with Gasteiger partial charge in [-0.15, -0.1) is 0 Å². The van der Waals surface area contributed by atoms with Crippen molar-refractivity contribution in [1.29, 1.82) is 0 Å². The first-order valence-corrected chi connectivity index (χ1v) is 34.9. The maximum atomic E-state index is 2.68. The van der Waals surface area contributed by atoms with Crippen molar-refractivity contribution in [2.24, 2.45) is 0 Å². The summed E-state index contributed by atoms with van der Waals surface area (Å²) in [5, 5.41) is 0. The Bertz CT molecular complexity index is 5530. The van der Waals surface area contributed by atoms with Crippen molar-refractivity contribution in [2.45, 2.75) is 16.7 Å². The second-order valence-corrected chi connectivity index (χ2v) is 27.0. The molecule has 0 fully saturated rings. The molecule has 4 aliphatic rings. The summed E-state index contributed by atoms with van der Waals surface area (Å²) in [6.07, 6.45) is 0. The Morgan fingerprint density at radius 3 is 1.28 bits per heavy atom. The van der Waals surface area contributed by atoms with E-state index in [-0.39, 0.29) is 13.4 Å². The zero-order chi connectivity index (χ0) is 65.5. The molecule has 4 heterocycles. The molecule has 0 radical (unpaired) electrons. The van der Waals surface area contributed by atoms with Gasteiger partial charge in [0.15, 0.2) is 0 Å². The number of hydrogen-bond donors (Lipinski definition) is 0. The van der Waals surface area contributed by atoms with Crippen molar-refractivity contribution >= 4 is 143 Å². The molecule has 5 nitrogen and oxygen atoms in total. The molecule has 4 aliphatic heterocycles. The summed E-state index contributed by atoms with van der Waals surface area (Å²) >= 11 is 1.91. The number of benzene rings is 15. The molecule has 0 amide bonds. The van der Waals surface area contributed by atoms with Gasteiger partial charge >= 0.3 is 0 Å². The van der Waals surface area contributed by atoms with E-state index in [0.29, 0.717) is 0 Å². The maximum Gasteiger partial charge on any atom is 0.252 e. The van der Waals surface area contributed by atoms with Crippen LogP contribution in [0.3, 0.4) is 0 Å². The first-order valence-electron chi connectivity index (χ1n) is 34.1. The largest absolute Gasteiger partial charge is 0.311 e. The summed E-state index contributed by atoms with van der Waals surface area (Å²) in [6, 6.07) is 135. The van der Waals surface area contributed by atoms with Gasteiger partial charge in [-0.1, -0.05) is 272 Å². The van der Waals surface area contributed by atoms with Crippen molar-refractivity contribution in [2.75, 3.05) is 24.5 Å². The highest BCUT2D eigenvalue weighted by molar-refractivity contribution is 8.00. The van der Waals surface area contributed by atoms with Gasteiger partial charge in [0.25, 0.3) is 6.71 Å². The van der Waals surface area contributed by atoms with Crippen LogP contribution in [0, 0.1) is 6.92 Å². The fourth-order valence-corrected chi connectivity index (χ4v) is 17.3. The first kappa shape index (κ1) is 58.2. The molecule has 8 heteroatoms. The Labute approximate surface area is 583 Å². The van der Waals surface area contributed by atoms with Crippen LogP contribution in [0.15, 0.2) is 374 Å². The van der Waals surface area contributed by atoms with Gasteiger partial charge in [-0.05, 0) is 171 Å². The average molecular weight is 1280 g/mol. The Morgan fingerprint density at radius 2 is 0.697 bits per heavy atom. The van der Waals surface area contributed by atoms with Crippen molar-refractivity contribution in [3.05, 3.63) is 370 Å². The van der Waals surface area contributed by atoms with Crippen LogP contribution in [0.2, 0.25) is 0 Å². The molecular formula is C91H63B2N5S. The van der Waals surface area contributed by atoms with E-state index >= 15 is 0 Å². The predicted molar refractivity (Wildman–Crippen MR) is 421 cm³/mol. The van der Waals surface area contributed by atoms with E-state index in [9.17, 15) is 0 Å². The SMILES string of the molecule is Cc1cccc(-c2ccccc2)c1N1c2cc3c(cc2B2c4ccccc4N(c4ccccc4)c4cc(N(c5ccc(-c6ccccc6)cc5)c5ccccc5-c5ccccc5)cc1c42)B1c2ccccc2N(c2ccccc2)c2cc(N(c4ccccc4)c4ccccc4)cc(c21)S3. The monoisotopic (exact) mass is 1280 g/mol. The van der Waals surface area contributed by atoms with Gasteiger partial charge in [0.05, 0.1) is 17.1 Å². The molecule has 15 aromatic rings. The van der Waals surface area contributed by atoms with Gasteiger partial charge < -0.3 is 24.5 Å². The Morgan fingerprint density at radius 1 is 0.263 bits per heavy atom. The third kappa shape index (κ3) is 9.73. The number of fused-ring (bicyclic) bond motifs is 8. The highest BCUT2D eigenvalue weighted by atomic mass is 32.2. The molecule has 0 aromatic heterocycles. The predicted octanol–water partition coefficient (Wildman–Crippen LogP) is 20.8. The van der Waals surface area contributed by atoms with Gasteiger partial charge in [0, 0.05) is 89.2 Å². The highest BCUT2D eigenvalue weighted by Crippen LogP contribution is 2.54. The fraction of sp³-hybridized carbons (Fsp3) is 0.0110. The fourth-order valence-electron chi connectivity index (χ4n) is 16.1. The van der Waals surface area contributed by atoms with Crippen LogP contribution in [-0.2, 0) is 0 Å². The molecule has 99 heavy (non-hydrogen) atoms. The summed E-state index contributed by atoms with van der Waals surface area (Å²) in [4.78, 5) is 15.1. The van der Waals surface area contributed by atoms with Crippen LogP contribution >= 0.6 is 11.8 Å². The van der Waals surface area contributed by atoms with Crippen LogP contribution in [0.4, 0.5) is 85.3 Å². The third-order valence-corrected chi connectivity index (χ3v) is 21.5. The second kappa shape index (κ2) is 24.2. The summed E-state index contributed by atoms with van der Waals surface area (Å²) in [5.74, 6) is 0. The van der Waals surface area contributed by atoms with Crippen LogP contribution < -0.4 is 57.3 Å². The van der Waals surface area contributed by atoms with Crippen LogP contribution in [0.25, 0.3) is 33.4 Å². The lowest BCUT2D eigenvalue weighted by Gasteiger charge is -2.46. The summed E-state index contributed by atoms with van der Waals surface area (Å²) in [7, 11) is 0. The molecule has 15 aromatic carbocycles. The number of aryl methyl sites for hydroxylation is 1. The van der Waals surface area contributed by atoms with Crippen molar-refractivity contribution < 1.29 is 0 Å². The minimum atomic E-state index is -0.186. The van der Waals surface area contributed by atoms with Crippen LogP contribution in [-0.4, -0.2) is 13.4 Å².